The first-order valence-electron chi connectivity index (χ1n) is 6.05. The minimum absolute atomic E-state index is 0.182. The van der Waals surface area contributed by atoms with Crippen molar-refractivity contribution in [3.63, 3.8) is 0 Å². The van der Waals surface area contributed by atoms with E-state index in [2.05, 4.69) is 5.32 Å². The van der Waals surface area contributed by atoms with Crippen molar-refractivity contribution in [1.29, 1.82) is 0 Å². The molecule has 1 aromatic rings. The molecule has 0 bridgehead atoms. The number of halogens is 1. The number of hydrogen-bond donors (Lipinski definition) is 2. The van der Waals surface area contributed by atoms with Gasteiger partial charge in [-0.15, -0.1) is 0 Å². The number of hydrogen-bond acceptors (Lipinski definition) is 2. The number of aliphatic hydroxyl groups is 1. The van der Waals surface area contributed by atoms with Gasteiger partial charge in [-0.1, -0.05) is 18.2 Å². The van der Waals surface area contributed by atoms with Crippen molar-refractivity contribution in [2.45, 2.75) is 19.3 Å². The van der Waals surface area contributed by atoms with Crippen LogP contribution in [0.4, 0.5) is 4.39 Å². The highest BCUT2D eigenvalue weighted by Gasteiger charge is 1.98. The van der Waals surface area contributed by atoms with E-state index >= 15 is 0 Å². The van der Waals surface area contributed by atoms with E-state index in [-0.39, 0.29) is 18.3 Å². The summed E-state index contributed by atoms with van der Waals surface area (Å²) in [5.41, 5.74) is 0.396. The Hall–Kier alpha value is -1.68. The molecule has 0 saturated heterocycles. The smallest absolute Gasteiger partial charge is 0.244 e. The van der Waals surface area contributed by atoms with Gasteiger partial charge >= 0.3 is 0 Å². The van der Waals surface area contributed by atoms with Crippen LogP contribution in [-0.2, 0) is 4.79 Å². The number of rotatable bonds is 7. The molecule has 1 aromatic carbocycles. The molecular formula is C14H18FNO2. The van der Waals surface area contributed by atoms with Crippen LogP contribution in [0.15, 0.2) is 30.3 Å². The monoisotopic (exact) mass is 251 g/mol. The van der Waals surface area contributed by atoms with Gasteiger partial charge in [0.15, 0.2) is 0 Å². The third-order valence-corrected chi connectivity index (χ3v) is 2.45. The zero-order valence-corrected chi connectivity index (χ0v) is 10.2. The minimum Gasteiger partial charge on any atom is -0.396 e. The zero-order valence-electron chi connectivity index (χ0n) is 10.2. The normalized spacial score (nSPS) is 10.8. The molecule has 0 atom stereocenters. The van der Waals surface area contributed by atoms with Gasteiger partial charge in [0.05, 0.1) is 0 Å². The number of amides is 1. The van der Waals surface area contributed by atoms with Gasteiger partial charge in [-0.25, -0.2) is 4.39 Å². The van der Waals surface area contributed by atoms with E-state index in [1.54, 1.807) is 18.2 Å². The van der Waals surface area contributed by atoms with Gasteiger partial charge in [-0.3, -0.25) is 4.79 Å². The summed E-state index contributed by atoms with van der Waals surface area (Å²) in [4.78, 5) is 11.4. The van der Waals surface area contributed by atoms with Crippen molar-refractivity contribution >= 4 is 12.0 Å². The first kappa shape index (κ1) is 14.4. The van der Waals surface area contributed by atoms with E-state index in [0.29, 0.717) is 12.1 Å². The second-order valence-electron chi connectivity index (χ2n) is 3.93. The van der Waals surface area contributed by atoms with Crippen molar-refractivity contribution in [2.75, 3.05) is 13.2 Å². The molecule has 0 saturated carbocycles. The Balaban J connectivity index is 2.30. The number of carbonyl (C=O) groups is 1. The molecule has 1 rings (SSSR count). The second kappa shape index (κ2) is 8.42. The summed E-state index contributed by atoms with van der Waals surface area (Å²) in [5, 5.41) is 11.3. The van der Waals surface area contributed by atoms with E-state index in [4.69, 9.17) is 5.11 Å². The second-order valence-corrected chi connectivity index (χ2v) is 3.93. The van der Waals surface area contributed by atoms with E-state index in [9.17, 15) is 9.18 Å². The summed E-state index contributed by atoms with van der Waals surface area (Å²) >= 11 is 0. The third kappa shape index (κ3) is 5.59. The molecule has 3 nitrogen and oxygen atoms in total. The first-order valence-corrected chi connectivity index (χ1v) is 6.05. The fourth-order valence-corrected chi connectivity index (χ4v) is 1.46. The molecule has 18 heavy (non-hydrogen) atoms. The predicted molar refractivity (Wildman–Crippen MR) is 69.4 cm³/mol. The van der Waals surface area contributed by atoms with E-state index in [0.717, 1.165) is 19.3 Å². The summed E-state index contributed by atoms with van der Waals surface area (Å²) in [6.07, 6.45) is 5.25. The first-order chi connectivity index (χ1) is 8.74. The lowest BCUT2D eigenvalue weighted by molar-refractivity contribution is -0.116. The lowest BCUT2D eigenvalue weighted by Crippen LogP contribution is -2.22. The fraction of sp³-hybridized carbons (Fsp3) is 0.357. The Morgan fingerprint density at radius 3 is 2.78 bits per heavy atom. The van der Waals surface area contributed by atoms with Crippen LogP contribution >= 0.6 is 0 Å². The van der Waals surface area contributed by atoms with Crippen LogP contribution in [-0.4, -0.2) is 24.2 Å². The van der Waals surface area contributed by atoms with Crippen LogP contribution in [0.25, 0.3) is 6.08 Å². The molecule has 1 amide bonds. The SMILES string of the molecule is O=C(/C=C/c1ccccc1F)NCCCCCO. The number of carbonyl (C=O) groups excluding carboxylic acids is 1. The molecule has 98 valence electrons. The van der Waals surface area contributed by atoms with Gasteiger partial charge in [-0.2, -0.15) is 0 Å². The molecule has 0 aliphatic heterocycles. The quantitative estimate of drug-likeness (QED) is 0.576. The van der Waals surface area contributed by atoms with Crippen molar-refractivity contribution in [3.8, 4) is 0 Å². The highest BCUT2D eigenvalue weighted by Crippen LogP contribution is 2.07. The predicted octanol–water partition coefficient (Wildman–Crippen LogP) is 2.12. The number of benzene rings is 1. The van der Waals surface area contributed by atoms with Gasteiger partial charge in [0, 0.05) is 24.8 Å². The Labute approximate surface area is 106 Å². The van der Waals surface area contributed by atoms with Crippen LogP contribution in [0.2, 0.25) is 0 Å². The number of aliphatic hydroxyl groups excluding tert-OH is 1. The summed E-state index contributed by atoms with van der Waals surface area (Å²) in [6.45, 7) is 0.752. The Kier molecular flexibility index (Phi) is 6.72. The molecule has 4 heteroatoms. The Bertz CT molecular complexity index is 405. The van der Waals surface area contributed by atoms with Gasteiger partial charge < -0.3 is 10.4 Å². The standard InChI is InChI=1S/C14H18FNO2/c15-13-7-3-2-6-12(13)8-9-14(18)16-10-4-1-5-11-17/h2-3,6-9,17H,1,4-5,10-11H2,(H,16,18)/b9-8+. The molecule has 0 aromatic heterocycles. The lowest BCUT2D eigenvalue weighted by atomic mass is 10.2. The van der Waals surface area contributed by atoms with Crippen LogP contribution in [0, 0.1) is 5.82 Å². The average Bonchev–Trinajstić information content (AvgIpc) is 2.37. The molecule has 0 radical (unpaired) electrons. The molecule has 0 unspecified atom stereocenters. The van der Waals surface area contributed by atoms with E-state index < -0.39 is 0 Å². The fourth-order valence-electron chi connectivity index (χ4n) is 1.46. The molecule has 0 heterocycles. The molecule has 0 aliphatic rings. The maximum atomic E-state index is 13.2. The van der Waals surface area contributed by atoms with Crippen LogP contribution in [0.1, 0.15) is 24.8 Å². The summed E-state index contributed by atoms with van der Waals surface area (Å²) in [6, 6.07) is 6.29. The molecular weight excluding hydrogens is 233 g/mol. The Morgan fingerprint density at radius 2 is 2.06 bits per heavy atom. The van der Waals surface area contributed by atoms with Crippen LogP contribution in [0.5, 0.6) is 0 Å². The zero-order chi connectivity index (χ0) is 13.2. The minimum atomic E-state index is -0.343. The van der Waals surface area contributed by atoms with Crippen molar-refractivity contribution in [1.82, 2.24) is 5.32 Å². The number of unbranched alkanes of at least 4 members (excludes halogenated alkanes) is 2. The summed E-state index contributed by atoms with van der Waals surface area (Å²) < 4.78 is 13.2. The summed E-state index contributed by atoms with van der Waals surface area (Å²) in [7, 11) is 0. The largest absolute Gasteiger partial charge is 0.396 e. The molecule has 0 spiro atoms. The van der Waals surface area contributed by atoms with Gasteiger partial charge in [0.25, 0.3) is 0 Å². The third-order valence-electron chi connectivity index (χ3n) is 2.45. The maximum Gasteiger partial charge on any atom is 0.244 e. The lowest BCUT2D eigenvalue weighted by Gasteiger charge is -2.01. The van der Waals surface area contributed by atoms with Gasteiger partial charge in [0.1, 0.15) is 5.82 Å². The molecule has 2 N–H and O–H groups in total. The topological polar surface area (TPSA) is 49.3 Å². The summed E-state index contributed by atoms with van der Waals surface area (Å²) in [5.74, 6) is -0.577. The highest BCUT2D eigenvalue weighted by molar-refractivity contribution is 5.91. The number of nitrogens with one attached hydrogen (secondary N) is 1. The maximum absolute atomic E-state index is 13.2. The highest BCUT2D eigenvalue weighted by atomic mass is 19.1. The van der Waals surface area contributed by atoms with Crippen molar-refractivity contribution in [3.05, 3.63) is 41.7 Å². The van der Waals surface area contributed by atoms with Crippen LogP contribution < -0.4 is 5.32 Å². The van der Waals surface area contributed by atoms with Gasteiger partial charge in [-0.05, 0) is 31.4 Å². The van der Waals surface area contributed by atoms with E-state index in [1.807, 2.05) is 0 Å². The van der Waals surface area contributed by atoms with Crippen LogP contribution in [0.3, 0.4) is 0 Å². The average molecular weight is 251 g/mol. The Morgan fingerprint density at radius 1 is 1.28 bits per heavy atom. The van der Waals surface area contributed by atoms with Crippen molar-refractivity contribution < 1.29 is 14.3 Å². The molecule has 0 fully saturated rings. The van der Waals surface area contributed by atoms with Crippen molar-refractivity contribution in [2.24, 2.45) is 0 Å². The van der Waals surface area contributed by atoms with Gasteiger partial charge in [0.2, 0.25) is 5.91 Å². The molecule has 0 aliphatic carbocycles. The van der Waals surface area contributed by atoms with E-state index in [1.165, 1.54) is 18.2 Å².